The molecule has 0 aromatic carbocycles. The lowest BCUT2D eigenvalue weighted by molar-refractivity contribution is -0.121. The normalized spacial score (nSPS) is 12.9. The van der Waals surface area contributed by atoms with Gasteiger partial charge < -0.3 is 10.2 Å². The Hall–Kier alpha value is -0.570. The largest absolute Gasteiger partial charge is 0.354 e. The average molecular weight is 200 g/mol. The van der Waals surface area contributed by atoms with E-state index in [2.05, 4.69) is 31.1 Å². The number of carbonyl (C=O) groups excluding carboxylic acids is 1. The van der Waals surface area contributed by atoms with Crippen LogP contribution in [0.15, 0.2) is 0 Å². The second-order valence-electron chi connectivity index (χ2n) is 3.91. The van der Waals surface area contributed by atoms with Gasteiger partial charge in [-0.3, -0.25) is 4.79 Å². The summed E-state index contributed by atoms with van der Waals surface area (Å²) in [6, 6.07) is 0.293. The number of nitrogens with zero attached hydrogens (tertiary/aromatic N) is 1. The van der Waals surface area contributed by atoms with Crippen LogP contribution in [0.3, 0.4) is 0 Å². The zero-order valence-corrected chi connectivity index (χ0v) is 9.97. The van der Waals surface area contributed by atoms with E-state index in [0.29, 0.717) is 12.5 Å². The smallest absolute Gasteiger partial charge is 0.219 e. The van der Waals surface area contributed by atoms with E-state index in [9.17, 15) is 4.79 Å². The molecule has 0 bridgehead atoms. The van der Waals surface area contributed by atoms with Crippen LogP contribution in [0.4, 0.5) is 0 Å². The molecule has 0 rings (SSSR count). The van der Waals surface area contributed by atoms with Crippen LogP contribution in [0.2, 0.25) is 0 Å². The van der Waals surface area contributed by atoms with Crippen LogP contribution in [-0.4, -0.2) is 37.0 Å². The van der Waals surface area contributed by atoms with Gasteiger partial charge in [0.05, 0.1) is 0 Å². The number of amides is 1. The van der Waals surface area contributed by atoms with Crippen LogP contribution in [0.25, 0.3) is 0 Å². The molecule has 0 aliphatic rings. The number of carbonyl (C=O) groups is 1. The summed E-state index contributed by atoms with van der Waals surface area (Å²) in [6.07, 6.45) is 2.80. The van der Waals surface area contributed by atoms with Gasteiger partial charge >= 0.3 is 0 Å². The molecule has 0 saturated carbocycles. The SMILES string of the molecule is CCCN(C)CCC(C)NC(=O)CC. The lowest BCUT2D eigenvalue weighted by atomic mass is 10.2. The molecule has 1 amide bonds. The molecule has 0 aliphatic carbocycles. The van der Waals surface area contributed by atoms with Crippen molar-refractivity contribution in [1.82, 2.24) is 10.2 Å². The maximum Gasteiger partial charge on any atom is 0.219 e. The number of rotatable bonds is 7. The molecule has 0 aromatic heterocycles. The Bertz CT molecular complexity index is 159. The molecule has 0 radical (unpaired) electrons. The molecule has 84 valence electrons. The average Bonchev–Trinajstić information content (AvgIpc) is 2.15. The first kappa shape index (κ1) is 13.4. The fraction of sp³-hybridized carbons (Fsp3) is 0.909. The van der Waals surface area contributed by atoms with Crippen LogP contribution in [-0.2, 0) is 4.79 Å². The first-order chi connectivity index (χ1) is 6.60. The van der Waals surface area contributed by atoms with Crippen molar-refractivity contribution < 1.29 is 4.79 Å². The van der Waals surface area contributed by atoms with Crippen molar-refractivity contribution in [3.8, 4) is 0 Å². The maximum absolute atomic E-state index is 11.1. The minimum atomic E-state index is 0.149. The highest BCUT2D eigenvalue weighted by molar-refractivity contribution is 5.75. The van der Waals surface area contributed by atoms with E-state index in [4.69, 9.17) is 0 Å². The molecular formula is C11H24N2O. The maximum atomic E-state index is 11.1. The molecule has 1 N–H and O–H groups in total. The summed E-state index contributed by atoms with van der Waals surface area (Å²) in [6.45, 7) is 8.31. The summed E-state index contributed by atoms with van der Waals surface area (Å²) in [7, 11) is 2.12. The highest BCUT2D eigenvalue weighted by Gasteiger charge is 2.06. The summed E-state index contributed by atoms with van der Waals surface area (Å²) in [4.78, 5) is 13.4. The third kappa shape index (κ3) is 6.89. The molecule has 1 unspecified atom stereocenters. The van der Waals surface area contributed by atoms with Crippen LogP contribution in [0.1, 0.15) is 40.0 Å². The van der Waals surface area contributed by atoms with Gasteiger partial charge in [0.2, 0.25) is 5.91 Å². The number of hydrogen-bond acceptors (Lipinski definition) is 2. The monoisotopic (exact) mass is 200 g/mol. The molecule has 0 spiro atoms. The van der Waals surface area contributed by atoms with Gasteiger partial charge in [-0.25, -0.2) is 0 Å². The number of hydrogen-bond donors (Lipinski definition) is 1. The van der Waals surface area contributed by atoms with Crippen LogP contribution >= 0.6 is 0 Å². The predicted octanol–water partition coefficient (Wildman–Crippen LogP) is 1.63. The number of nitrogens with one attached hydrogen (secondary N) is 1. The van der Waals surface area contributed by atoms with E-state index in [1.165, 1.54) is 6.42 Å². The zero-order valence-electron chi connectivity index (χ0n) is 9.97. The van der Waals surface area contributed by atoms with E-state index in [-0.39, 0.29) is 5.91 Å². The third-order valence-corrected chi connectivity index (χ3v) is 2.28. The summed E-state index contributed by atoms with van der Waals surface area (Å²) in [5.41, 5.74) is 0. The second kappa shape index (κ2) is 7.80. The predicted molar refractivity (Wildman–Crippen MR) is 60.3 cm³/mol. The quantitative estimate of drug-likeness (QED) is 0.677. The molecule has 0 aliphatic heterocycles. The van der Waals surface area contributed by atoms with Crippen LogP contribution in [0.5, 0.6) is 0 Å². The van der Waals surface area contributed by atoms with Crippen molar-refractivity contribution in [3.63, 3.8) is 0 Å². The van der Waals surface area contributed by atoms with Crippen molar-refractivity contribution in [2.24, 2.45) is 0 Å². The van der Waals surface area contributed by atoms with Crippen LogP contribution in [0, 0.1) is 0 Å². The van der Waals surface area contributed by atoms with Crippen molar-refractivity contribution >= 4 is 5.91 Å². The van der Waals surface area contributed by atoms with Gasteiger partial charge in [-0.05, 0) is 39.9 Å². The summed E-state index contributed by atoms with van der Waals surface area (Å²) in [5, 5.41) is 2.96. The van der Waals surface area contributed by atoms with E-state index in [1.54, 1.807) is 0 Å². The Kier molecular flexibility index (Phi) is 7.48. The van der Waals surface area contributed by atoms with Gasteiger partial charge in [0, 0.05) is 12.5 Å². The fourth-order valence-electron chi connectivity index (χ4n) is 1.36. The fourth-order valence-corrected chi connectivity index (χ4v) is 1.36. The molecule has 3 nitrogen and oxygen atoms in total. The highest BCUT2D eigenvalue weighted by atomic mass is 16.1. The standard InChI is InChI=1S/C11H24N2O/c1-5-8-13(4)9-7-10(3)12-11(14)6-2/h10H,5-9H2,1-4H3,(H,12,14). The molecular weight excluding hydrogens is 176 g/mol. The second-order valence-corrected chi connectivity index (χ2v) is 3.91. The molecule has 0 fully saturated rings. The van der Waals surface area contributed by atoms with Gasteiger partial charge in [0.1, 0.15) is 0 Å². The molecule has 0 saturated heterocycles. The Balaban J connectivity index is 3.52. The zero-order chi connectivity index (χ0) is 11.0. The lowest BCUT2D eigenvalue weighted by Crippen LogP contribution is -2.35. The molecule has 1 atom stereocenters. The van der Waals surface area contributed by atoms with Gasteiger partial charge in [0.25, 0.3) is 0 Å². The topological polar surface area (TPSA) is 32.3 Å². The Morgan fingerprint density at radius 1 is 1.36 bits per heavy atom. The highest BCUT2D eigenvalue weighted by Crippen LogP contribution is 1.95. The van der Waals surface area contributed by atoms with E-state index >= 15 is 0 Å². The summed E-state index contributed by atoms with van der Waals surface area (Å²) >= 11 is 0. The lowest BCUT2D eigenvalue weighted by Gasteiger charge is -2.19. The minimum Gasteiger partial charge on any atom is -0.354 e. The molecule has 0 aromatic rings. The van der Waals surface area contributed by atoms with Crippen molar-refractivity contribution in [2.75, 3.05) is 20.1 Å². The minimum absolute atomic E-state index is 0.149. The van der Waals surface area contributed by atoms with E-state index in [0.717, 1.165) is 19.5 Å². The van der Waals surface area contributed by atoms with Gasteiger partial charge in [-0.1, -0.05) is 13.8 Å². The first-order valence-corrected chi connectivity index (χ1v) is 5.58. The third-order valence-electron chi connectivity index (χ3n) is 2.28. The van der Waals surface area contributed by atoms with E-state index < -0.39 is 0 Å². The molecule has 3 heteroatoms. The molecule has 0 heterocycles. The Morgan fingerprint density at radius 2 is 2.00 bits per heavy atom. The first-order valence-electron chi connectivity index (χ1n) is 5.58. The summed E-state index contributed by atoms with van der Waals surface area (Å²) in [5.74, 6) is 0.149. The Labute approximate surface area is 87.9 Å². The van der Waals surface area contributed by atoms with Gasteiger partial charge in [-0.15, -0.1) is 0 Å². The summed E-state index contributed by atoms with van der Waals surface area (Å²) < 4.78 is 0. The van der Waals surface area contributed by atoms with Crippen molar-refractivity contribution in [2.45, 2.75) is 46.1 Å². The molecule has 14 heavy (non-hydrogen) atoms. The Morgan fingerprint density at radius 3 is 2.50 bits per heavy atom. The van der Waals surface area contributed by atoms with Gasteiger partial charge in [0.15, 0.2) is 0 Å². The van der Waals surface area contributed by atoms with Gasteiger partial charge in [-0.2, -0.15) is 0 Å². The van der Waals surface area contributed by atoms with E-state index in [1.807, 2.05) is 6.92 Å². The van der Waals surface area contributed by atoms with Crippen molar-refractivity contribution in [3.05, 3.63) is 0 Å². The van der Waals surface area contributed by atoms with Crippen LogP contribution < -0.4 is 5.32 Å². The van der Waals surface area contributed by atoms with Crippen molar-refractivity contribution in [1.29, 1.82) is 0 Å².